The first kappa shape index (κ1) is 16.4. The fourth-order valence-corrected chi connectivity index (χ4v) is 1.60. The van der Waals surface area contributed by atoms with Gasteiger partial charge in [0.05, 0.1) is 6.61 Å². The predicted octanol–water partition coefficient (Wildman–Crippen LogP) is 1.24. The van der Waals surface area contributed by atoms with Crippen LogP contribution in [0.25, 0.3) is 0 Å². The van der Waals surface area contributed by atoms with Crippen LogP contribution in [-0.2, 0) is 16.1 Å². The minimum Gasteiger partial charge on any atom is -0.481 e. The van der Waals surface area contributed by atoms with Crippen molar-refractivity contribution in [2.45, 2.75) is 26.1 Å². The molecule has 0 aliphatic carbocycles. The van der Waals surface area contributed by atoms with Gasteiger partial charge in [-0.05, 0) is 31.5 Å². The molecule has 1 aromatic carbocycles. The Hall–Kier alpha value is -1.66. The minimum absolute atomic E-state index is 0.269. The highest BCUT2D eigenvalue weighted by Crippen LogP contribution is 2.21. The van der Waals surface area contributed by atoms with Crippen molar-refractivity contribution >= 4 is 5.91 Å². The third-order valence-corrected chi connectivity index (χ3v) is 2.69. The van der Waals surface area contributed by atoms with Crippen molar-refractivity contribution in [3.8, 4) is 5.75 Å². The topological polar surface area (TPSA) is 67.8 Å². The van der Waals surface area contributed by atoms with E-state index in [1.807, 2.05) is 0 Å². The molecule has 0 fully saturated rings. The molecule has 0 radical (unpaired) electrons. The van der Waals surface area contributed by atoms with Crippen molar-refractivity contribution in [1.82, 2.24) is 5.32 Å². The Morgan fingerprint density at radius 2 is 2.25 bits per heavy atom. The summed E-state index contributed by atoms with van der Waals surface area (Å²) in [6.07, 6.45) is -0.0127. The second-order valence-electron chi connectivity index (χ2n) is 4.31. The van der Waals surface area contributed by atoms with Gasteiger partial charge in [0.2, 0.25) is 0 Å². The lowest BCUT2D eigenvalue weighted by atomic mass is 10.2. The molecular weight excluding hydrogens is 265 g/mol. The average molecular weight is 285 g/mol. The second-order valence-corrected chi connectivity index (χ2v) is 4.31. The molecule has 1 aromatic rings. The summed E-state index contributed by atoms with van der Waals surface area (Å²) in [6, 6.07) is 3.80. The summed E-state index contributed by atoms with van der Waals surface area (Å²) < 4.78 is 23.3. The van der Waals surface area contributed by atoms with E-state index in [4.69, 9.17) is 14.6 Å². The van der Waals surface area contributed by atoms with Gasteiger partial charge < -0.3 is 19.9 Å². The van der Waals surface area contributed by atoms with E-state index in [1.54, 1.807) is 14.0 Å². The number of rotatable bonds is 8. The summed E-state index contributed by atoms with van der Waals surface area (Å²) in [5.74, 6) is -0.430. The van der Waals surface area contributed by atoms with Crippen LogP contribution in [0.3, 0.4) is 0 Å². The number of halogens is 1. The second kappa shape index (κ2) is 8.50. The zero-order chi connectivity index (χ0) is 15.0. The molecule has 0 saturated carbocycles. The molecule has 112 valence electrons. The van der Waals surface area contributed by atoms with E-state index >= 15 is 0 Å². The van der Waals surface area contributed by atoms with Crippen LogP contribution in [0.2, 0.25) is 0 Å². The van der Waals surface area contributed by atoms with Crippen molar-refractivity contribution in [3.05, 3.63) is 29.6 Å². The lowest BCUT2D eigenvalue weighted by Gasteiger charge is -2.16. The Balaban J connectivity index is 2.52. The molecule has 20 heavy (non-hydrogen) atoms. The number of nitrogens with one attached hydrogen (secondary N) is 1. The molecule has 2 N–H and O–H groups in total. The van der Waals surface area contributed by atoms with Gasteiger partial charge in [0.25, 0.3) is 5.91 Å². The molecular formula is C14H20FNO4. The van der Waals surface area contributed by atoms with E-state index in [0.717, 1.165) is 0 Å². The molecule has 0 aromatic heterocycles. The summed E-state index contributed by atoms with van der Waals surface area (Å²) in [7, 11) is 1.60. The third-order valence-electron chi connectivity index (χ3n) is 2.69. The summed E-state index contributed by atoms with van der Waals surface area (Å²) in [4.78, 5) is 11.8. The number of ether oxygens (including phenoxy) is 2. The number of hydrogen-bond acceptors (Lipinski definition) is 4. The molecule has 6 heteroatoms. The van der Waals surface area contributed by atoms with E-state index in [1.165, 1.54) is 18.2 Å². The van der Waals surface area contributed by atoms with Crippen LogP contribution in [0.4, 0.5) is 4.39 Å². The van der Waals surface area contributed by atoms with Crippen LogP contribution in [0.15, 0.2) is 18.2 Å². The van der Waals surface area contributed by atoms with E-state index in [2.05, 4.69) is 5.32 Å². The van der Waals surface area contributed by atoms with Crippen molar-refractivity contribution in [3.63, 3.8) is 0 Å². The molecule has 1 atom stereocenters. The highest BCUT2D eigenvalue weighted by molar-refractivity contribution is 5.80. The molecule has 0 saturated heterocycles. The first-order valence-corrected chi connectivity index (χ1v) is 6.41. The molecule has 1 rings (SSSR count). The maximum absolute atomic E-state index is 13.0. The number of aliphatic hydroxyl groups is 1. The fourth-order valence-electron chi connectivity index (χ4n) is 1.60. The number of carbonyl (C=O) groups is 1. The third kappa shape index (κ3) is 5.14. The number of methoxy groups -OCH3 is 1. The summed E-state index contributed by atoms with van der Waals surface area (Å²) in [5.41, 5.74) is 0.309. The van der Waals surface area contributed by atoms with Crippen molar-refractivity contribution in [2.75, 3.05) is 20.3 Å². The monoisotopic (exact) mass is 285 g/mol. The standard InChI is InChI=1S/C14H20FNO4/c1-10(14(18)16-6-3-7-19-2)20-13-5-4-12(15)8-11(13)9-17/h4-5,8,10,17H,3,6-7,9H2,1-2H3,(H,16,18). The highest BCUT2D eigenvalue weighted by Gasteiger charge is 2.16. The Labute approximate surface area is 117 Å². The smallest absolute Gasteiger partial charge is 0.260 e. The maximum Gasteiger partial charge on any atom is 0.260 e. The van der Waals surface area contributed by atoms with Gasteiger partial charge in [0.15, 0.2) is 6.10 Å². The number of aliphatic hydroxyl groups excluding tert-OH is 1. The molecule has 0 aliphatic rings. The number of carbonyl (C=O) groups excluding carboxylic acids is 1. The summed E-state index contributed by atoms with van der Waals surface area (Å²) in [5, 5.41) is 11.8. The van der Waals surface area contributed by atoms with Gasteiger partial charge in [-0.2, -0.15) is 0 Å². The van der Waals surface area contributed by atoms with Crippen molar-refractivity contribution in [2.24, 2.45) is 0 Å². The minimum atomic E-state index is -0.728. The van der Waals surface area contributed by atoms with Gasteiger partial charge in [0, 0.05) is 25.8 Å². The van der Waals surface area contributed by atoms with Crippen molar-refractivity contribution in [1.29, 1.82) is 0 Å². The van der Waals surface area contributed by atoms with Gasteiger partial charge in [-0.3, -0.25) is 4.79 Å². The van der Waals surface area contributed by atoms with E-state index in [-0.39, 0.29) is 12.5 Å². The summed E-state index contributed by atoms with van der Waals surface area (Å²) in [6.45, 7) is 2.31. The lowest BCUT2D eigenvalue weighted by Crippen LogP contribution is -2.37. The number of hydrogen-bond donors (Lipinski definition) is 2. The van der Waals surface area contributed by atoms with E-state index in [0.29, 0.717) is 30.9 Å². The van der Waals surface area contributed by atoms with Crippen LogP contribution in [-0.4, -0.2) is 37.4 Å². The van der Waals surface area contributed by atoms with Gasteiger partial charge in [-0.25, -0.2) is 4.39 Å². The molecule has 0 spiro atoms. The van der Waals surface area contributed by atoms with Crippen LogP contribution in [0.1, 0.15) is 18.9 Å². The SMILES string of the molecule is COCCCNC(=O)C(C)Oc1ccc(F)cc1CO. The summed E-state index contributed by atoms with van der Waals surface area (Å²) >= 11 is 0. The van der Waals surface area contributed by atoms with Crippen LogP contribution >= 0.6 is 0 Å². The van der Waals surface area contributed by atoms with Crippen LogP contribution in [0, 0.1) is 5.82 Å². The first-order chi connectivity index (χ1) is 9.58. The normalized spacial score (nSPS) is 12.0. The molecule has 1 amide bonds. The maximum atomic E-state index is 13.0. The molecule has 1 unspecified atom stereocenters. The predicted molar refractivity (Wildman–Crippen MR) is 71.9 cm³/mol. The number of amides is 1. The Morgan fingerprint density at radius 3 is 2.90 bits per heavy atom. The molecule has 0 heterocycles. The van der Waals surface area contributed by atoms with E-state index < -0.39 is 11.9 Å². The van der Waals surface area contributed by atoms with E-state index in [9.17, 15) is 9.18 Å². The van der Waals surface area contributed by atoms with Crippen LogP contribution < -0.4 is 10.1 Å². The zero-order valence-electron chi connectivity index (χ0n) is 11.7. The largest absolute Gasteiger partial charge is 0.481 e. The lowest BCUT2D eigenvalue weighted by molar-refractivity contribution is -0.127. The van der Waals surface area contributed by atoms with Gasteiger partial charge in [0.1, 0.15) is 11.6 Å². The quantitative estimate of drug-likeness (QED) is 0.705. The first-order valence-electron chi connectivity index (χ1n) is 6.41. The highest BCUT2D eigenvalue weighted by atomic mass is 19.1. The Morgan fingerprint density at radius 1 is 1.50 bits per heavy atom. The average Bonchev–Trinajstić information content (AvgIpc) is 2.45. The fraction of sp³-hybridized carbons (Fsp3) is 0.500. The Kier molecular flexibility index (Phi) is 6.97. The van der Waals surface area contributed by atoms with Gasteiger partial charge >= 0.3 is 0 Å². The zero-order valence-corrected chi connectivity index (χ0v) is 11.7. The number of benzene rings is 1. The van der Waals surface area contributed by atoms with Gasteiger partial charge in [-0.1, -0.05) is 0 Å². The van der Waals surface area contributed by atoms with Crippen LogP contribution in [0.5, 0.6) is 5.75 Å². The Bertz CT molecular complexity index is 439. The van der Waals surface area contributed by atoms with Crippen molar-refractivity contribution < 1.29 is 23.8 Å². The molecule has 0 aliphatic heterocycles. The van der Waals surface area contributed by atoms with Gasteiger partial charge in [-0.15, -0.1) is 0 Å². The molecule has 0 bridgehead atoms. The molecule has 5 nitrogen and oxygen atoms in total.